The van der Waals surface area contributed by atoms with Gasteiger partial charge in [0.2, 0.25) is 0 Å². The topological polar surface area (TPSA) is 0 Å². The fourth-order valence-electron chi connectivity index (χ4n) is 0.204. The molecule has 0 fully saturated rings. The van der Waals surface area contributed by atoms with Crippen LogP contribution in [0.4, 0.5) is 0 Å². The summed E-state index contributed by atoms with van der Waals surface area (Å²) in [5, 5.41) is 0. The van der Waals surface area contributed by atoms with Crippen LogP contribution in [-0.4, -0.2) is 32.8 Å². The van der Waals surface area contributed by atoms with Gasteiger partial charge in [0.05, 0.1) is 0 Å². The van der Waals surface area contributed by atoms with E-state index >= 15 is 0 Å². The van der Waals surface area contributed by atoms with Crippen molar-refractivity contribution < 1.29 is 0 Å². The molecule has 0 aromatic heterocycles. The van der Waals surface area contributed by atoms with Crippen molar-refractivity contribution in [3.63, 3.8) is 0 Å². The van der Waals surface area contributed by atoms with Crippen LogP contribution in [0, 0.1) is 0 Å². The summed E-state index contributed by atoms with van der Waals surface area (Å²) in [7, 11) is 1.42. The summed E-state index contributed by atoms with van der Waals surface area (Å²) in [4.78, 5) is 0. The Labute approximate surface area is 49.8 Å². The maximum atomic E-state index is 1.52. The van der Waals surface area contributed by atoms with Gasteiger partial charge in [0.15, 0.2) is 0 Å². The minimum absolute atomic E-state index is 1.42. The molecular formula is C3H10SiSn. The molecule has 5 heavy (non-hydrogen) atoms. The second-order valence-corrected chi connectivity index (χ2v) is 3.79. The van der Waals surface area contributed by atoms with Gasteiger partial charge in [-0.05, 0) is 0 Å². The molecule has 0 heterocycles. The zero-order valence-electron chi connectivity index (χ0n) is 3.70. The number of hydrogen-bond donors (Lipinski definition) is 0. The van der Waals surface area contributed by atoms with Crippen LogP contribution in [0.1, 0.15) is 6.42 Å². The third-order valence-corrected chi connectivity index (χ3v) is 2.43. The molecule has 0 N–H and O–H groups in total. The molecule has 0 saturated heterocycles. The van der Waals surface area contributed by atoms with Gasteiger partial charge in [-0.3, -0.25) is 0 Å². The van der Waals surface area contributed by atoms with E-state index in [1.165, 1.54) is 49.7 Å². The first-order valence-corrected chi connectivity index (χ1v) is 5.86. The van der Waals surface area contributed by atoms with Crippen LogP contribution >= 0.6 is 0 Å². The van der Waals surface area contributed by atoms with E-state index in [1.807, 2.05) is 0 Å². The Hall–Kier alpha value is 1.02. The molecule has 0 amide bonds. The summed E-state index contributed by atoms with van der Waals surface area (Å²) in [5.74, 6) is 0. The van der Waals surface area contributed by atoms with E-state index in [9.17, 15) is 0 Å². The van der Waals surface area contributed by atoms with E-state index in [-0.39, 0.29) is 0 Å². The van der Waals surface area contributed by atoms with Crippen LogP contribution in [0.2, 0.25) is 10.5 Å². The first kappa shape index (κ1) is 6.02. The fraction of sp³-hybridized carbons (Fsp3) is 1.00. The van der Waals surface area contributed by atoms with Crippen molar-refractivity contribution in [3.05, 3.63) is 0 Å². The van der Waals surface area contributed by atoms with Crippen molar-refractivity contribution in [3.8, 4) is 0 Å². The monoisotopic (exact) mass is 194 g/mol. The maximum absolute atomic E-state index is 1.52. The Morgan fingerprint density at radius 1 is 1.60 bits per heavy atom. The molecule has 0 atom stereocenters. The third-order valence-electron chi connectivity index (χ3n) is 0.558. The molecule has 30 valence electrons. The Balaban J connectivity index is 2.19. The van der Waals surface area contributed by atoms with Crippen molar-refractivity contribution in [1.82, 2.24) is 0 Å². The molecule has 0 aliphatic heterocycles. The van der Waals surface area contributed by atoms with Crippen LogP contribution in [0.15, 0.2) is 0 Å². The Morgan fingerprint density at radius 3 is 2.20 bits per heavy atom. The number of rotatable bonds is 2. The Bertz CT molecular complexity index is 14.4. The standard InChI is InChI=1S/C3H9Si.Sn.H/c1-2-3-4;;/h1-3H2,4H3;;. The summed E-state index contributed by atoms with van der Waals surface area (Å²) < 4.78 is 1.51. The van der Waals surface area contributed by atoms with Gasteiger partial charge >= 0.3 is 49.7 Å². The second kappa shape index (κ2) is 5.02. The quantitative estimate of drug-likeness (QED) is 0.517. The average molecular weight is 193 g/mol. The molecular weight excluding hydrogens is 183 g/mol. The average Bonchev–Trinajstić information content (AvgIpc) is 1.41. The van der Waals surface area contributed by atoms with Crippen LogP contribution in [0.25, 0.3) is 0 Å². The van der Waals surface area contributed by atoms with Gasteiger partial charge in [0.1, 0.15) is 0 Å². The summed E-state index contributed by atoms with van der Waals surface area (Å²) in [6, 6.07) is 1.52. The van der Waals surface area contributed by atoms with E-state index in [4.69, 9.17) is 0 Å². The predicted octanol–water partition coefficient (Wildman–Crippen LogP) is -0.521. The zero-order chi connectivity index (χ0) is 4.12. The van der Waals surface area contributed by atoms with Gasteiger partial charge < -0.3 is 0 Å². The summed E-state index contributed by atoms with van der Waals surface area (Å²) in [6.07, 6.45) is 1.51. The molecule has 0 bridgehead atoms. The Kier molecular flexibility index (Phi) is 6.03. The summed E-state index contributed by atoms with van der Waals surface area (Å²) >= 11 is 1.47. The molecule has 0 aliphatic carbocycles. The van der Waals surface area contributed by atoms with Crippen LogP contribution in [-0.2, 0) is 0 Å². The van der Waals surface area contributed by atoms with Crippen molar-refractivity contribution in [2.45, 2.75) is 16.9 Å². The van der Waals surface area contributed by atoms with Crippen molar-refractivity contribution in [2.24, 2.45) is 0 Å². The van der Waals surface area contributed by atoms with Crippen molar-refractivity contribution >= 4 is 32.8 Å². The van der Waals surface area contributed by atoms with Crippen LogP contribution < -0.4 is 0 Å². The molecule has 2 radical (unpaired) electrons. The molecule has 0 aromatic rings. The molecule has 2 heteroatoms. The molecule has 0 aromatic carbocycles. The molecule has 0 saturated carbocycles. The predicted molar refractivity (Wildman–Crippen MR) is 31.3 cm³/mol. The van der Waals surface area contributed by atoms with Gasteiger partial charge in [-0.15, -0.1) is 0 Å². The van der Waals surface area contributed by atoms with Crippen LogP contribution in [0.3, 0.4) is 0 Å². The van der Waals surface area contributed by atoms with Crippen molar-refractivity contribution in [2.75, 3.05) is 0 Å². The van der Waals surface area contributed by atoms with E-state index in [0.717, 1.165) is 0 Å². The van der Waals surface area contributed by atoms with E-state index < -0.39 is 0 Å². The first-order valence-electron chi connectivity index (χ1n) is 2.12. The first-order chi connectivity index (χ1) is 2.41. The van der Waals surface area contributed by atoms with Gasteiger partial charge in [-0.25, -0.2) is 0 Å². The van der Waals surface area contributed by atoms with Crippen molar-refractivity contribution in [1.29, 1.82) is 0 Å². The van der Waals surface area contributed by atoms with Gasteiger partial charge in [-0.1, -0.05) is 0 Å². The molecule has 0 aliphatic rings. The molecule has 0 spiro atoms. The summed E-state index contributed by atoms with van der Waals surface area (Å²) in [5.41, 5.74) is 0. The van der Waals surface area contributed by atoms with Gasteiger partial charge in [-0.2, -0.15) is 0 Å². The van der Waals surface area contributed by atoms with E-state index in [2.05, 4.69) is 0 Å². The fourth-order valence-corrected chi connectivity index (χ4v) is 4.11. The normalized spacial score (nSPS) is 9.00. The van der Waals surface area contributed by atoms with E-state index in [0.29, 0.717) is 0 Å². The Morgan fingerprint density at radius 2 is 2.20 bits per heavy atom. The number of hydrogen-bond acceptors (Lipinski definition) is 0. The van der Waals surface area contributed by atoms with Gasteiger partial charge in [0.25, 0.3) is 0 Å². The van der Waals surface area contributed by atoms with Gasteiger partial charge in [0, 0.05) is 0 Å². The summed E-state index contributed by atoms with van der Waals surface area (Å²) in [6.45, 7) is 0. The third kappa shape index (κ3) is 5.02. The van der Waals surface area contributed by atoms with E-state index in [1.54, 1.807) is 0 Å². The van der Waals surface area contributed by atoms with Crippen LogP contribution in [0.5, 0.6) is 0 Å². The SMILES string of the molecule is [SiH3]CC[CH2][SnH]. The second-order valence-electron chi connectivity index (χ2n) is 1.14. The molecule has 0 rings (SSSR count). The zero-order valence-corrected chi connectivity index (χ0v) is 8.99. The minimum atomic E-state index is 1.42. The molecule has 0 nitrogen and oxygen atoms in total. The molecule has 0 unspecified atom stereocenters.